The van der Waals surface area contributed by atoms with Crippen molar-refractivity contribution in [3.63, 3.8) is 0 Å². The van der Waals surface area contributed by atoms with Crippen LogP contribution in [0.3, 0.4) is 0 Å². The van der Waals surface area contributed by atoms with Gasteiger partial charge in [-0.15, -0.1) is 0 Å². The zero-order chi connectivity index (χ0) is 15.3. The topological polar surface area (TPSA) is 4.93 Å². The van der Waals surface area contributed by atoms with Crippen LogP contribution in [0.4, 0.5) is 0 Å². The van der Waals surface area contributed by atoms with Crippen molar-refractivity contribution >= 4 is 21.8 Å². The molecule has 1 heteroatoms. The van der Waals surface area contributed by atoms with Crippen molar-refractivity contribution in [1.82, 2.24) is 4.57 Å². The molecule has 0 spiro atoms. The first-order chi connectivity index (χ1) is 10.6. The summed E-state index contributed by atoms with van der Waals surface area (Å²) in [6, 6.07) is 22.2. The Morgan fingerprint density at radius 1 is 0.545 bits per heavy atom. The third-order valence-electron chi connectivity index (χ3n) is 4.37. The van der Waals surface area contributed by atoms with E-state index < -0.39 is 0 Å². The molecule has 0 saturated carbocycles. The lowest BCUT2D eigenvalue weighted by molar-refractivity contribution is 1.17. The number of hydrogen-bond acceptors (Lipinski definition) is 0. The average molecular weight is 285 g/mol. The summed E-state index contributed by atoms with van der Waals surface area (Å²) in [7, 11) is 0. The molecule has 1 heterocycles. The number of fused-ring (bicyclic) bond motifs is 3. The molecule has 0 radical (unpaired) electrons. The maximum Gasteiger partial charge on any atom is 0.0543 e. The molecule has 1 nitrogen and oxygen atoms in total. The minimum atomic E-state index is 1.22. The van der Waals surface area contributed by atoms with Crippen LogP contribution in [0.1, 0.15) is 16.7 Å². The van der Waals surface area contributed by atoms with Crippen molar-refractivity contribution in [3.05, 3.63) is 77.4 Å². The Balaban J connectivity index is 2.18. The summed E-state index contributed by atoms with van der Waals surface area (Å²) in [5.41, 5.74) is 7.66. The molecule has 0 saturated heterocycles. The van der Waals surface area contributed by atoms with Gasteiger partial charge in [-0.3, -0.25) is 0 Å². The van der Waals surface area contributed by atoms with Gasteiger partial charge in [0.1, 0.15) is 0 Å². The van der Waals surface area contributed by atoms with Crippen LogP contribution in [-0.2, 0) is 0 Å². The zero-order valence-electron chi connectivity index (χ0n) is 13.2. The van der Waals surface area contributed by atoms with E-state index in [0.29, 0.717) is 0 Å². The molecule has 3 aromatic carbocycles. The maximum absolute atomic E-state index is 2.37. The Morgan fingerprint density at radius 2 is 1.18 bits per heavy atom. The van der Waals surface area contributed by atoms with E-state index in [1.165, 1.54) is 44.2 Å². The highest BCUT2D eigenvalue weighted by Gasteiger charge is 2.12. The van der Waals surface area contributed by atoms with E-state index in [4.69, 9.17) is 0 Å². The number of aryl methyl sites for hydroxylation is 3. The number of rotatable bonds is 1. The molecule has 0 aliphatic rings. The molecule has 0 atom stereocenters. The van der Waals surface area contributed by atoms with Gasteiger partial charge in [0.05, 0.1) is 11.0 Å². The van der Waals surface area contributed by atoms with Gasteiger partial charge in [0.2, 0.25) is 0 Å². The van der Waals surface area contributed by atoms with Gasteiger partial charge in [0, 0.05) is 16.5 Å². The summed E-state index contributed by atoms with van der Waals surface area (Å²) < 4.78 is 2.37. The predicted molar refractivity (Wildman–Crippen MR) is 95.0 cm³/mol. The SMILES string of the molecule is Cc1ccc(-n2c3ccc(C)cc3c3ccc(C)cc32)cc1. The van der Waals surface area contributed by atoms with Crippen molar-refractivity contribution in [3.8, 4) is 5.69 Å². The van der Waals surface area contributed by atoms with Gasteiger partial charge < -0.3 is 4.57 Å². The minimum Gasteiger partial charge on any atom is -0.309 e. The largest absolute Gasteiger partial charge is 0.309 e. The zero-order valence-corrected chi connectivity index (χ0v) is 13.2. The second-order valence-electron chi connectivity index (χ2n) is 6.21. The number of hydrogen-bond donors (Lipinski definition) is 0. The van der Waals surface area contributed by atoms with Crippen LogP contribution < -0.4 is 0 Å². The first-order valence-electron chi connectivity index (χ1n) is 7.72. The Hall–Kier alpha value is -2.54. The highest BCUT2D eigenvalue weighted by Crippen LogP contribution is 2.33. The summed E-state index contributed by atoms with van der Waals surface area (Å²) in [4.78, 5) is 0. The maximum atomic E-state index is 2.37. The van der Waals surface area contributed by atoms with Crippen molar-refractivity contribution in [2.75, 3.05) is 0 Å². The van der Waals surface area contributed by atoms with Gasteiger partial charge in [-0.2, -0.15) is 0 Å². The second-order valence-corrected chi connectivity index (χ2v) is 6.21. The Kier molecular flexibility index (Phi) is 2.83. The van der Waals surface area contributed by atoms with Crippen LogP contribution in [0.2, 0.25) is 0 Å². The number of aromatic nitrogens is 1. The van der Waals surface area contributed by atoms with Crippen LogP contribution in [0, 0.1) is 20.8 Å². The van der Waals surface area contributed by atoms with Gasteiger partial charge in [0.25, 0.3) is 0 Å². The predicted octanol–water partition coefficient (Wildman–Crippen LogP) is 5.71. The van der Waals surface area contributed by atoms with Crippen molar-refractivity contribution in [1.29, 1.82) is 0 Å². The Morgan fingerprint density at radius 3 is 1.95 bits per heavy atom. The molecule has 108 valence electrons. The highest BCUT2D eigenvalue weighted by molar-refractivity contribution is 6.09. The van der Waals surface area contributed by atoms with Crippen molar-refractivity contribution in [2.45, 2.75) is 20.8 Å². The lowest BCUT2D eigenvalue weighted by Crippen LogP contribution is -1.93. The molecule has 4 aromatic rings. The molecule has 0 unspecified atom stereocenters. The summed E-state index contributed by atoms with van der Waals surface area (Å²) >= 11 is 0. The summed E-state index contributed by atoms with van der Waals surface area (Å²) in [5.74, 6) is 0. The van der Waals surface area contributed by atoms with E-state index in [2.05, 4.69) is 86.0 Å². The van der Waals surface area contributed by atoms with Gasteiger partial charge >= 0.3 is 0 Å². The van der Waals surface area contributed by atoms with Crippen molar-refractivity contribution in [2.24, 2.45) is 0 Å². The van der Waals surface area contributed by atoms with Gasteiger partial charge in [-0.25, -0.2) is 0 Å². The molecule has 0 N–H and O–H groups in total. The quantitative estimate of drug-likeness (QED) is 0.422. The van der Waals surface area contributed by atoms with Crippen LogP contribution in [-0.4, -0.2) is 4.57 Å². The van der Waals surface area contributed by atoms with Crippen LogP contribution in [0.15, 0.2) is 60.7 Å². The summed E-state index contributed by atoms with van der Waals surface area (Å²) in [6.45, 7) is 6.44. The molecule has 0 bridgehead atoms. The van der Waals surface area contributed by atoms with Gasteiger partial charge in [-0.1, -0.05) is 41.5 Å². The highest BCUT2D eigenvalue weighted by atomic mass is 15.0. The standard InChI is InChI=1S/C21H19N/c1-14-4-8-17(9-5-14)22-20-11-7-15(2)12-19(20)18-10-6-16(3)13-21(18)22/h4-13H,1-3H3. The molecule has 0 aliphatic heterocycles. The molecule has 0 aliphatic carbocycles. The van der Waals surface area contributed by atoms with Gasteiger partial charge in [-0.05, 0) is 56.7 Å². The molecule has 1 aromatic heterocycles. The third-order valence-corrected chi connectivity index (χ3v) is 4.37. The molecule has 0 fully saturated rings. The van der Waals surface area contributed by atoms with E-state index in [1.807, 2.05) is 0 Å². The monoisotopic (exact) mass is 285 g/mol. The molecular weight excluding hydrogens is 266 g/mol. The lowest BCUT2D eigenvalue weighted by Gasteiger charge is -2.08. The molecule has 4 rings (SSSR count). The molecular formula is C21H19N. The first kappa shape index (κ1) is 13.1. The Bertz CT molecular complexity index is 988. The fourth-order valence-electron chi connectivity index (χ4n) is 3.22. The van der Waals surface area contributed by atoms with E-state index in [-0.39, 0.29) is 0 Å². The first-order valence-corrected chi connectivity index (χ1v) is 7.72. The fourth-order valence-corrected chi connectivity index (χ4v) is 3.22. The van der Waals surface area contributed by atoms with Crippen LogP contribution in [0.5, 0.6) is 0 Å². The summed E-state index contributed by atoms with van der Waals surface area (Å²) in [6.07, 6.45) is 0. The average Bonchev–Trinajstić information content (AvgIpc) is 2.81. The smallest absolute Gasteiger partial charge is 0.0543 e. The second kappa shape index (κ2) is 4.74. The van der Waals surface area contributed by atoms with E-state index in [9.17, 15) is 0 Å². The van der Waals surface area contributed by atoms with Gasteiger partial charge in [0.15, 0.2) is 0 Å². The number of benzene rings is 3. The lowest BCUT2D eigenvalue weighted by atomic mass is 10.1. The van der Waals surface area contributed by atoms with E-state index in [0.717, 1.165) is 0 Å². The minimum absolute atomic E-state index is 1.22. The van der Waals surface area contributed by atoms with Crippen molar-refractivity contribution < 1.29 is 0 Å². The molecule has 0 amide bonds. The van der Waals surface area contributed by atoms with Crippen LogP contribution >= 0.6 is 0 Å². The van der Waals surface area contributed by atoms with E-state index in [1.54, 1.807) is 0 Å². The molecule has 22 heavy (non-hydrogen) atoms. The third kappa shape index (κ3) is 1.93. The Labute approximate surface area is 130 Å². The van der Waals surface area contributed by atoms with Crippen LogP contribution in [0.25, 0.3) is 27.5 Å². The fraction of sp³-hybridized carbons (Fsp3) is 0.143. The number of nitrogens with zero attached hydrogens (tertiary/aromatic N) is 1. The summed E-state index contributed by atoms with van der Waals surface area (Å²) in [5, 5.41) is 2.65. The van der Waals surface area contributed by atoms with E-state index >= 15 is 0 Å². The normalized spacial score (nSPS) is 11.4.